The molecule has 0 saturated heterocycles. The summed E-state index contributed by atoms with van der Waals surface area (Å²) in [7, 11) is -8.87. The summed E-state index contributed by atoms with van der Waals surface area (Å²) in [6.07, 6.45) is 3.70. The molecule has 11 heteroatoms. The van der Waals surface area contributed by atoms with Crippen LogP contribution < -0.4 is 9.64 Å². The van der Waals surface area contributed by atoms with E-state index < -0.39 is 31.9 Å². The molecule has 5 aromatic rings. The summed E-state index contributed by atoms with van der Waals surface area (Å²) < 4.78 is 80.0. The van der Waals surface area contributed by atoms with Crippen LogP contribution in [0.3, 0.4) is 0 Å². The number of fused-ring (bicyclic) bond motifs is 4. The third kappa shape index (κ3) is 6.06. The topological polar surface area (TPSA) is 134 Å². The van der Waals surface area contributed by atoms with Crippen molar-refractivity contribution in [3.05, 3.63) is 114 Å². The van der Waals surface area contributed by atoms with E-state index >= 15 is 0 Å². The Morgan fingerprint density at radius 3 is 2.33 bits per heavy atom. The van der Waals surface area contributed by atoms with Crippen molar-refractivity contribution in [3.63, 3.8) is 0 Å². The lowest BCUT2D eigenvalue weighted by Gasteiger charge is -2.17. The van der Waals surface area contributed by atoms with Gasteiger partial charge in [-0.3, -0.25) is 14.0 Å². The average molecular weight is 618 g/mol. The largest absolute Gasteiger partial charge is 0.456 e. The molecule has 0 amide bonds. The first-order chi connectivity index (χ1) is 20.5. The molecule has 2 N–H and O–H groups in total. The molecule has 0 radical (unpaired) electrons. The Labute approximate surface area is 248 Å². The van der Waals surface area contributed by atoms with E-state index in [0.717, 1.165) is 21.9 Å². The molecule has 0 aliphatic carbocycles. The minimum atomic E-state index is -4.45. The molecule has 220 valence electrons. The number of rotatable bonds is 8. The highest BCUT2D eigenvalue weighted by atomic mass is 32.2. The molecule has 0 saturated carbocycles. The van der Waals surface area contributed by atoms with Gasteiger partial charge in [0.15, 0.2) is 11.6 Å². The van der Waals surface area contributed by atoms with Gasteiger partial charge in [-0.2, -0.15) is 16.8 Å². The second kappa shape index (κ2) is 11.0. The number of hydrogen-bond donors (Lipinski definition) is 2. The van der Waals surface area contributed by atoms with E-state index in [2.05, 4.69) is 0 Å². The monoisotopic (exact) mass is 617 g/mol. The summed E-state index contributed by atoms with van der Waals surface area (Å²) in [6, 6.07) is 26.0. The van der Waals surface area contributed by atoms with Gasteiger partial charge >= 0.3 is 0 Å². The minimum Gasteiger partial charge on any atom is -0.456 e. The third-order valence-electron chi connectivity index (χ3n) is 7.20. The Kier molecular flexibility index (Phi) is 7.35. The first-order valence-corrected chi connectivity index (χ1v) is 16.6. The van der Waals surface area contributed by atoms with Crippen molar-refractivity contribution in [2.45, 2.75) is 19.1 Å². The molecule has 4 aromatic carbocycles. The maximum atomic E-state index is 12.1. The molecule has 1 aliphatic rings. The van der Waals surface area contributed by atoms with Crippen molar-refractivity contribution in [2.75, 3.05) is 10.8 Å². The highest BCUT2D eigenvalue weighted by Gasteiger charge is 2.30. The van der Waals surface area contributed by atoms with Crippen LogP contribution >= 0.6 is 0 Å². The van der Waals surface area contributed by atoms with Gasteiger partial charge in [-0.25, -0.2) is 0 Å². The zero-order chi connectivity index (χ0) is 30.4. The highest BCUT2D eigenvalue weighted by Crippen LogP contribution is 2.42. The normalized spacial score (nSPS) is 14.9. The van der Waals surface area contributed by atoms with Gasteiger partial charge in [-0.05, 0) is 58.2 Å². The molecule has 1 aromatic heterocycles. The van der Waals surface area contributed by atoms with Crippen molar-refractivity contribution >= 4 is 53.7 Å². The minimum absolute atomic E-state index is 0.156. The van der Waals surface area contributed by atoms with E-state index in [9.17, 15) is 25.9 Å². The van der Waals surface area contributed by atoms with Crippen molar-refractivity contribution < 1.29 is 35.1 Å². The van der Waals surface area contributed by atoms with Gasteiger partial charge in [0.25, 0.3) is 20.2 Å². The molecular formula is C32H27NO8S2. The number of benzene rings is 4. The van der Waals surface area contributed by atoms with Gasteiger partial charge in [0.1, 0.15) is 17.1 Å². The molecule has 2 heterocycles. The molecule has 0 fully saturated rings. The Bertz CT molecular complexity index is 2150. The summed E-state index contributed by atoms with van der Waals surface area (Å²) in [4.78, 5) is 1.37. The van der Waals surface area contributed by atoms with Crippen molar-refractivity contribution in [1.29, 1.82) is 0 Å². The van der Waals surface area contributed by atoms with Gasteiger partial charge in [-0.15, -0.1) is 0 Å². The van der Waals surface area contributed by atoms with E-state index in [0.29, 0.717) is 40.0 Å². The molecule has 9 nitrogen and oxygen atoms in total. The summed E-state index contributed by atoms with van der Waals surface area (Å²) in [5, 5.41) is 2.24. The molecule has 0 spiro atoms. The quantitative estimate of drug-likeness (QED) is 0.176. The van der Waals surface area contributed by atoms with Gasteiger partial charge in [-0.1, -0.05) is 73.7 Å². The molecular weight excluding hydrogens is 590 g/mol. The Morgan fingerprint density at radius 1 is 0.860 bits per heavy atom. The van der Waals surface area contributed by atoms with E-state index in [1.165, 1.54) is 4.90 Å². The van der Waals surface area contributed by atoms with Crippen LogP contribution in [0.15, 0.2) is 107 Å². The standard InChI is InChI=1S/C32H27NO8S2/c1-2-21(16-30-26(19-42(34,35)36)32-25-11-7-6-10-23(25)12-15-29(32)40-30)17-31-33(20-43(37,38)39)27-18-24(13-14-28(27)41-31)22-8-4-3-5-9-22/h3-18H,2,19-20H2,1H3,(H,34,35,36)(H,37,38,39)/b21-16-,31-17+. The van der Waals surface area contributed by atoms with Gasteiger partial charge in [0.2, 0.25) is 5.88 Å². The Morgan fingerprint density at radius 2 is 1.60 bits per heavy atom. The van der Waals surface area contributed by atoms with Crippen LogP contribution in [0.25, 0.3) is 38.9 Å². The number of hydrogen-bond acceptors (Lipinski definition) is 7. The van der Waals surface area contributed by atoms with Crippen LogP contribution in [0.5, 0.6) is 5.75 Å². The van der Waals surface area contributed by atoms with E-state index in [1.807, 2.05) is 73.7 Å². The van der Waals surface area contributed by atoms with Gasteiger partial charge in [0, 0.05) is 17.0 Å². The molecule has 0 unspecified atom stereocenters. The Balaban J connectivity index is 1.47. The van der Waals surface area contributed by atoms with E-state index in [4.69, 9.17) is 9.15 Å². The SMILES string of the molecule is CCC(=C/c1oc2ccc3ccccc3c2c1CS(=O)(=O)O)/C=C1/Oc2ccc(-c3ccccc3)cc2N1CS(=O)(=O)O. The predicted octanol–water partition coefficient (Wildman–Crippen LogP) is 7.02. The van der Waals surface area contributed by atoms with Crippen LogP contribution in [0.1, 0.15) is 24.7 Å². The maximum absolute atomic E-state index is 12.1. The van der Waals surface area contributed by atoms with Crippen LogP contribution in [-0.2, 0) is 26.0 Å². The summed E-state index contributed by atoms with van der Waals surface area (Å²) in [5.41, 5.74) is 3.59. The van der Waals surface area contributed by atoms with E-state index in [-0.39, 0.29) is 11.6 Å². The average Bonchev–Trinajstić information content (AvgIpc) is 3.48. The third-order valence-corrected chi connectivity index (χ3v) is 8.44. The van der Waals surface area contributed by atoms with Gasteiger partial charge in [0.05, 0.1) is 5.69 Å². The molecule has 43 heavy (non-hydrogen) atoms. The smallest absolute Gasteiger partial charge is 0.283 e. The molecule has 1 aliphatic heterocycles. The van der Waals surface area contributed by atoms with Crippen LogP contribution in [-0.4, -0.2) is 31.8 Å². The molecule has 6 rings (SSSR count). The lowest BCUT2D eigenvalue weighted by molar-refractivity contribution is 0.436. The fraction of sp³-hybridized carbons (Fsp3) is 0.125. The zero-order valence-corrected chi connectivity index (χ0v) is 24.6. The molecule has 0 atom stereocenters. The number of nitrogens with zero attached hydrogens (tertiary/aromatic N) is 1. The van der Waals surface area contributed by atoms with Crippen LogP contribution in [0.2, 0.25) is 0 Å². The van der Waals surface area contributed by atoms with E-state index in [1.54, 1.807) is 30.4 Å². The lowest BCUT2D eigenvalue weighted by atomic mass is 10.0. The van der Waals surface area contributed by atoms with Gasteiger partial charge < -0.3 is 9.15 Å². The second-order valence-corrected chi connectivity index (χ2v) is 13.1. The summed E-state index contributed by atoms with van der Waals surface area (Å²) >= 11 is 0. The van der Waals surface area contributed by atoms with Crippen molar-refractivity contribution in [3.8, 4) is 16.9 Å². The van der Waals surface area contributed by atoms with Crippen LogP contribution in [0.4, 0.5) is 5.69 Å². The number of ether oxygens (including phenoxy) is 1. The summed E-state index contributed by atoms with van der Waals surface area (Å²) in [5.74, 6) is -0.602. The highest BCUT2D eigenvalue weighted by molar-refractivity contribution is 7.85. The first-order valence-electron chi connectivity index (χ1n) is 13.4. The number of anilines is 1. The zero-order valence-electron chi connectivity index (χ0n) is 23.0. The predicted molar refractivity (Wildman–Crippen MR) is 167 cm³/mol. The van der Waals surface area contributed by atoms with Crippen molar-refractivity contribution in [2.24, 2.45) is 0 Å². The lowest BCUT2D eigenvalue weighted by Crippen LogP contribution is -2.27. The van der Waals surface area contributed by atoms with Crippen molar-refractivity contribution in [1.82, 2.24) is 0 Å². The fourth-order valence-electron chi connectivity index (χ4n) is 5.28. The first kappa shape index (κ1) is 28.7. The maximum Gasteiger partial charge on any atom is 0.283 e. The number of allylic oxidation sites excluding steroid dienone is 2. The summed E-state index contributed by atoms with van der Waals surface area (Å²) in [6.45, 7) is 1.87. The fourth-order valence-corrected chi connectivity index (χ4v) is 6.53. The second-order valence-electron chi connectivity index (χ2n) is 10.2. The van der Waals surface area contributed by atoms with Crippen LogP contribution in [0, 0.1) is 0 Å². The number of furan rings is 1. The Hall–Kier alpha value is -4.42. The molecule has 0 bridgehead atoms.